The molecule has 1 aromatic rings. The second-order valence-electron chi connectivity index (χ2n) is 5.36. The lowest BCUT2D eigenvalue weighted by atomic mass is 9.74. The van der Waals surface area contributed by atoms with Crippen molar-refractivity contribution >= 4 is 23.4 Å². The van der Waals surface area contributed by atoms with Gasteiger partial charge in [-0.2, -0.15) is 0 Å². The molecule has 1 aromatic carbocycles. The van der Waals surface area contributed by atoms with E-state index in [0.717, 1.165) is 42.1 Å². The standard InChI is InChI=1S/C14H17N3O3/c1-17(13(19)20)9-2-3-11-10(8-9)14(12(18)16-11)4-6-15-7-5-14/h2-3,8,15H,4-7H2,1H3,(H,16,18)(H,19,20). The van der Waals surface area contributed by atoms with Crippen LogP contribution in [-0.4, -0.2) is 37.2 Å². The number of amides is 2. The van der Waals surface area contributed by atoms with Gasteiger partial charge in [-0.1, -0.05) is 0 Å². The maximum atomic E-state index is 12.4. The number of benzene rings is 1. The molecule has 3 rings (SSSR count). The number of hydrogen-bond donors (Lipinski definition) is 3. The number of carbonyl (C=O) groups is 2. The van der Waals surface area contributed by atoms with E-state index >= 15 is 0 Å². The minimum atomic E-state index is -1.01. The maximum absolute atomic E-state index is 12.4. The van der Waals surface area contributed by atoms with Crippen LogP contribution < -0.4 is 15.5 Å². The summed E-state index contributed by atoms with van der Waals surface area (Å²) >= 11 is 0. The van der Waals surface area contributed by atoms with Crippen molar-refractivity contribution in [2.45, 2.75) is 18.3 Å². The number of hydrogen-bond acceptors (Lipinski definition) is 3. The summed E-state index contributed by atoms with van der Waals surface area (Å²) in [6.07, 6.45) is 0.472. The van der Waals surface area contributed by atoms with Gasteiger partial charge in [0.15, 0.2) is 0 Å². The summed E-state index contributed by atoms with van der Waals surface area (Å²) < 4.78 is 0. The van der Waals surface area contributed by atoms with Crippen LogP contribution in [0.25, 0.3) is 0 Å². The molecule has 1 fully saturated rings. The topological polar surface area (TPSA) is 81.7 Å². The third-order valence-electron chi connectivity index (χ3n) is 4.33. The summed E-state index contributed by atoms with van der Waals surface area (Å²) in [5, 5.41) is 15.3. The molecule has 2 aliphatic heterocycles. The third-order valence-corrected chi connectivity index (χ3v) is 4.33. The normalized spacial score (nSPS) is 19.6. The van der Waals surface area contributed by atoms with E-state index < -0.39 is 11.5 Å². The second kappa shape index (κ2) is 4.49. The van der Waals surface area contributed by atoms with E-state index in [1.807, 2.05) is 6.07 Å². The van der Waals surface area contributed by atoms with Crippen LogP contribution >= 0.6 is 0 Å². The molecule has 3 N–H and O–H groups in total. The smallest absolute Gasteiger partial charge is 0.411 e. The average Bonchev–Trinajstić information content (AvgIpc) is 2.71. The predicted octanol–water partition coefficient (Wildman–Crippen LogP) is 1.37. The zero-order valence-electron chi connectivity index (χ0n) is 11.3. The molecular weight excluding hydrogens is 258 g/mol. The molecule has 6 nitrogen and oxygen atoms in total. The predicted molar refractivity (Wildman–Crippen MR) is 75.3 cm³/mol. The summed E-state index contributed by atoms with van der Waals surface area (Å²) in [5.74, 6) is 0.0316. The van der Waals surface area contributed by atoms with E-state index in [9.17, 15) is 9.59 Å². The zero-order valence-corrected chi connectivity index (χ0v) is 11.3. The van der Waals surface area contributed by atoms with Crippen LogP contribution in [0.4, 0.5) is 16.2 Å². The van der Waals surface area contributed by atoms with Crippen LogP contribution in [0, 0.1) is 0 Å². The molecule has 0 unspecified atom stereocenters. The molecule has 1 spiro atoms. The van der Waals surface area contributed by atoms with Crippen molar-refractivity contribution in [2.75, 3.05) is 30.4 Å². The number of nitrogens with zero attached hydrogens (tertiary/aromatic N) is 1. The number of rotatable bonds is 1. The Bertz CT molecular complexity index is 579. The van der Waals surface area contributed by atoms with Crippen LogP contribution in [0.15, 0.2) is 18.2 Å². The second-order valence-corrected chi connectivity index (χ2v) is 5.36. The number of carboxylic acid groups (broad SMARTS) is 1. The van der Waals surface area contributed by atoms with E-state index in [1.165, 1.54) is 7.05 Å². The number of fused-ring (bicyclic) bond motifs is 2. The van der Waals surface area contributed by atoms with Crippen LogP contribution in [0.3, 0.4) is 0 Å². The van der Waals surface area contributed by atoms with Gasteiger partial charge < -0.3 is 15.7 Å². The molecule has 0 aromatic heterocycles. The van der Waals surface area contributed by atoms with E-state index in [0.29, 0.717) is 5.69 Å². The molecule has 20 heavy (non-hydrogen) atoms. The molecule has 2 heterocycles. The van der Waals surface area contributed by atoms with Gasteiger partial charge in [-0.25, -0.2) is 4.79 Å². The molecule has 106 valence electrons. The van der Waals surface area contributed by atoms with Crippen molar-refractivity contribution in [1.82, 2.24) is 5.32 Å². The highest BCUT2D eigenvalue weighted by molar-refractivity contribution is 6.07. The minimum absolute atomic E-state index is 0.0316. The van der Waals surface area contributed by atoms with Gasteiger partial charge in [0.2, 0.25) is 5.91 Å². The third kappa shape index (κ3) is 1.76. The van der Waals surface area contributed by atoms with Crippen molar-refractivity contribution in [3.63, 3.8) is 0 Å². The van der Waals surface area contributed by atoms with Crippen LogP contribution in [0.2, 0.25) is 0 Å². The van der Waals surface area contributed by atoms with Gasteiger partial charge in [0.05, 0.1) is 5.41 Å². The quantitative estimate of drug-likeness (QED) is 0.723. The molecule has 2 amide bonds. The van der Waals surface area contributed by atoms with E-state index in [2.05, 4.69) is 10.6 Å². The van der Waals surface area contributed by atoms with Gasteiger partial charge in [0.25, 0.3) is 0 Å². The largest absolute Gasteiger partial charge is 0.465 e. The summed E-state index contributed by atoms with van der Waals surface area (Å²) in [4.78, 5) is 24.6. The Morgan fingerprint density at radius 2 is 2.05 bits per heavy atom. The average molecular weight is 275 g/mol. The Kier molecular flexibility index (Phi) is 2.90. The summed E-state index contributed by atoms with van der Waals surface area (Å²) in [6.45, 7) is 1.59. The van der Waals surface area contributed by atoms with Crippen molar-refractivity contribution in [3.8, 4) is 0 Å². The van der Waals surface area contributed by atoms with Gasteiger partial charge in [0, 0.05) is 18.4 Å². The Labute approximate surface area is 116 Å². The molecule has 6 heteroatoms. The number of nitrogens with one attached hydrogen (secondary N) is 2. The molecule has 1 saturated heterocycles. The Morgan fingerprint density at radius 3 is 2.70 bits per heavy atom. The van der Waals surface area contributed by atoms with Gasteiger partial charge in [-0.05, 0) is 49.7 Å². The van der Waals surface area contributed by atoms with Crippen molar-refractivity contribution in [1.29, 1.82) is 0 Å². The van der Waals surface area contributed by atoms with Gasteiger partial charge >= 0.3 is 6.09 Å². The van der Waals surface area contributed by atoms with E-state index in [-0.39, 0.29) is 5.91 Å². The summed E-state index contributed by atoms with van der Waals surface area (Å²) in [6, 6.07) is 5.33. The van der Waals surface area contributed by atoms with E-state index in [4.69, 9.17) is 5.11 Å². The fourth-order valence-corrected chi connectivity index (χ4v) is 3.07. The number of carbonyl (C=O) groups excluding carboxylic acids is 1. The highest BCUT2D eigenvalue weighted by Crippen LogP contribution is 2.45. The molecule has 2 aliphatic rings. The molecule has 0 bridgehead atoms. The first kappa shape index (κ1) is 12.9. The molecule has 0 radical (unpaired) electrons. The Balaban J connectivity index is 2.06. The SMILES string of the molecule is CN(C(=O)O)c1ccc2c(c1)C1(CCNCC1)C(=O)N2. The first-order valence-electron chi connectivity index (χ1n) is 6.68. The van der Waals surface area contributed by atoms with Gasteiger partial charge in [-0.15, -0.1) is 0 Å². The number of anilines is 2. The van der Waals surface area contributed by atoms with Crippen LogP contribution in [-0.2, 0) is 10.2 Å². The molecule has 0 aliphatic carbocycles. The van der Waals surface area contributed by atoms with Crippen LogP contribution in [0.5, 0.6) is 0 Å². The fraction of sp³-hybridized carbons (Fsp3) is 0.429. The lowest BCUT2D eigenvalue weighted by molar-refractivity contribution is -0.121. The van der Waals surface area contributed by atoms with Gasteiger partial charge in [-0.3, -0.25) is 9.69 Å². The summed E-state index contributed by atoms with van der Waals surface area (Å²) in [5.41, 5.74) is 1.82. The fourth-order valence-electron chi connectivity index (χ4n) is 3.07. The first-order chi connectivity index (χ1) is 9.54. The lowest BCUT2D eigenvalue weighted by Crippen LogP contribution is -2.44. The van der Waals surface area contributed by atoms with Crippen molar-refractivity contribution in [3.05, 3.63) is 23.8 Å². The zero-order chi connectivity index (χ0) is 14.3. The molecular formula is C14H17N3O3. The Hall–Kier alpha value is -2.08. The monoisotopic (exact) mass is 275 g/mol. The van der Waals surface area contributed by atoms with E-state index in [1.54, 1.807) is 12.1 Å². The van der Waals surface area contributed by atoms with Gasteiger partial charge in [0.1, 0.15) is 0 Å². The van der Waals surface area contributed by atoms with Crippen molar-refractivity contribution < 1.29 is 14.7 Å². The first-order valence-corrected chi connectivity index (χ1v) is 6.68. The maximum Gasteiger partial charge on any atom is 0.411 e. The number of piperidine rings is 1. The highest BCUT2D eigenvalue weighted by Gasteiger charge is 2.47. The summed E-state index contributed by atoms with van der Waals surface area (Å²) in [7, 11) is 1.50. The highest BCUT2D eigenvalue weighted by atomic mass is 16.4. The van der Waals surface area contributed by atoms with Crippen LogP contribution in [0.1, 0.15) is 18.4 Å². The molecule has 0 saturated carbocycles. The van der Waals surface area contributed by atoms with Crippen molar-refractivity contribution in [2.24, 2.45) is 0 Å². The Morgan fingerprint density at radius 1 is 1.35 bits per heavy atom. The lowest BCUT2D eigenvalue weighted by Gasteiger charge is -2.32. The molecule has 0 atom stereocenters. The minimum Gasteiger partial charge on any atom is -0.465 e.